The zero-order chi connectivity index (χ0) is 52.7. The average molecular weight is 1030 g/mol. The average Bonchev–Trinajstić information content (AvgIpc) is 3.34. The molecule has 0 aromatic heterocycles. The second-order valence-electron chi connectivity index (χ2n) is 22.1. The molecule has 3 unspecified atom stereocenters. The molecule has 72 heavy (non-hydrogen) atoms. The van der Waals surface area contributed by atoms with Crippen LogP contribution in [0.25, 0.3) is 0 Å². The van der Waals surface area contributed by atoms with Gasteiger partial charge in [0.1, 0.15) is 13.2 Å². The summed E-state index contributed by atoms with van der Waals surface area (Å²) in [4.78, 5) is 23.3. The molecule has 0 radical (unpaired) electrons. The molecule has 0 aromatic carbocycles. The zero-order valence-electron chi connectivity index (χ0n) is 48.2. The van der Waals surface area contributed by atoms with Gasteiger partial charge < -0.3 is 19.8 Å². The van der Waals surface area contributed by atoms with Crippen LogP contribution in [0, 0.1) is 0 Å². The lowest BCUT2D eigenvalue weighted by atomic mass is 10.0. The molecule has 8 nitrogen and oxygen atoms in total. The second kappa shape index (κ2) is 54.0. The summed E-state index contributed by atoms with van der Waals surface area (Å²) in [5, 5.41) is 13.9. The van der Waals surface area contributed by atoms with E-state index in [0.717, 1.165) is 51.4 Å². The Labute approximate surface area is 447 Å². The van der Waals surface area contributed by atoms with Crippen LogP contribution in [0.1, 0.15) is 284 Å². The predicted octanol–water partition coefficient (Wildman–Crippen LogP) is 18.9. The molecule has 3 atom stereocenters. The van der Waals surface area contributed by atoms with Crippen molar-refractivity contribution in [3.05, 3.63) is 60.8 Å². The third-order valence-electron chi connectivity index (χ3n) is 13.7. The first-order valence-corrected chi connectivity index (χ1v) is 32.2. The van der Waals surface area contributed by atoms with Gasteiger partial charge in [-0.25, -0.2) is 4.57 Å². The topological polar surface area (TPSA) is 105 Å². The molecule has 0 aliphatic carbocycles. The molecular weight excluding hydrogens is 912 g/mol. The van der Waals surface area contributed by atoms with Gasteiger partial charge >= 0.3 is 7.82 Å². The minimum Gasteiger partial charge on any atom is -0.387 e. The van der Waals surface area contributed by atoms with Gasteiger partial charge in [0, 0.05) is 6.42 Å². The Morgan fingerprint density at radius 2 is 0.806 bits per heavy atom. The number of hydrogen-bond acceptors (Lipinski definition) is 5. The molecule has 0 heterocycles. The van der Waals surface area contributed by atoms with Crippen molar-refractivity contribution in [3.8, 4) is 0 Å². The number of carbonyl (C=O) groups excluding carboxylic acids is 1. The fourth-order valence-corrected chi connectivity index (χ4v) is 9.63. The van der Waals surface area contributed by atoms with E-state index in [1.165, 1.54) is 212 Å². The number of hydrogen-bond donors (Lipinski definition) is 3. The maximum Gasteiger partial charge on any atom is 0.472 e. The Hall–Kier alpha value is -1.80. The van der Waals surface area contributed by atoms with Gasteiger partial charge in [0.15, 0.2) is 0 Å². The zero-order valence-corrected chi connectivity index (χ0v) is 49.1. The van der Waals surface area contributed by atoms with Crippen LogP contribution in [0.15, 0.2) is 60.8 Å². The first-order valence-electron chi connectivity index (χ1n) is 30.7. The quantitative estimate of drug-likeness (QED) is 0.0243. The summed E-state index contributed by atoms with van der Waals surface area (Å²) in [7, 11) is 1.56. The molecular formula is C63H120N2O6P+. The van der Waals surface area contributed by atoms with Crippen molar-refractivity contribution in [3.63, 3.8) is 0 Å². The third-order valence-corrected chi connectivity index (χ3v) is 14.7. The number of carbonyl (C=O) groups is 1. The highest BCUT2D eigenvalue weighted by atomic mass is 31.2. The van der Waals surface area contributed by atoms with Crippen molar-refractivity contribution in [2.45, 2.75) is 296 Å². The van der Waals surface area contributed by atoms with Crippen LogP contribution in [0.5, 0.6) is 0 Å². The molecule has 0 spiro atoms. The third kappa shape index (κ3) is 55.9. The van der Waals surface area contributed by atoms with Gasteiger partial charge in [-0.15, -0.1) is 0 Å². The lowest BCUT2D eigenvalue weighted by Crippen LogP contribution is -2.45. The van der Waals surface area contributed by atoms with E-state index in [4.69, 9.17) is 9.05 Å². The minimum atomic E-state index is -4.35. The van der Waals surface area contributed by atoms with Gasteiger partial charge in [-0.2, -0.15) is 0 Å². The standard InChI is InChI=1S/C63H119N2O6P/c1-6-8-10-12-14-16-18-20-22-23-24-25-26-27-28-29-30-31-32-33-34-35-36-37-38-39-40-41-43-45-47-49-51-53-55-57-63(67)64-61(60-71-72(68,69)70-59-58-65(3,4)5)62(66)56-54-52-50-48-46-44-42-21-19-17-15-13-11-9-7-2/h18,20,23-24,26-27,46,48,54,56,61-62,66H,6-17,19,21-22,25,28-45,47,49-53,55,57-60H2,1-5H3,(H-,64,67,68,69)/p+1/b20-18-,24-23-,27-26-,48-46+,56-54+. The van der Waals surface area contributed by atoms with Crippen molar-refractivity contribution < 1.29 is 32.9 Å². The number of nitrogens with one attached hydrogen (secondary N) is 1. The van der Waals surface area contributed by atoms with E-state index in [2.05, 4.69) is 67.8 Å². The number of phosphoric acid groups is 1. The van der Waals surface area contributed by atoms with Crippen molar-refractivity contribution in [2.24, 2.45) is 0 Å². The summed E-state index contributed by atoms with van der Waals surface area (Å²) in [5.41, 5.74) is 0. The molecule has 0 aliphatic heterocycles. The SMILES string of the molecule is CCCCCCC/C=C\C/C=C\C/C=C\CCCCCCCCCCCCCCCCCCCCCCC(=O)NC(COP(=O)(O)OCC[N+](C)(C)C)C(O)/C=C/CC/C=C/CCCCCCCCCCC. The van der Waals surface area contributed by atoms with Crippen LogP contribution in [-0.2, 0) is 18.4 Å². The molecule has 9 heteroatoms. The molecule has 0 aromatic rings. The van der Waals surface area contributed by atoms with E-state index in [0.29, 0.717) is 17.4 Å². The first kappa shape index (κ1) is 70.2. The van der Waals surface area contributed by atoms with E-state index in [1.807, 2.05) is 27.2 Å². The van der Waals surface area contributed by atoms with Crippen LogP contribution in [0.4, 0.5) is 0 Å². The molecule has 0 saturated carbocycles. The smallest absolute Gasteiger partial charge is 0.387 e. The Bertz CT molecular complexity index is 1360. The van der Waals surface area contributed by atoms with Crippen LogP contribution < -0.4 is 5.32 Å². The van der Waals surface area contributed by atoms with Crippen molar-refractivity contribution in [1.29, 1.82) is 0 Å². The number of quaternary nitrogens is 1. The maximum absolute atomic E-state index is 13.0. The number of likely N-dealkylation sites (N-methyl/N-ethyl adjacent to an activating group) is 1. The Morgan fingerprint density at radius 1 is 0.472 bits per heavy atom. The minimum absolute atomic E-state index is 0.0561. The molecule has 422 valence electrons. The Kier molecular flexibility index (Phi) is 52.7. The highest BCUT2D eigenvalue weighted by Crippen LogP contribution is 2.43. The fraction of sp³-hybridized carbons (Fsp3) is 0.825. The fourth-order valence-electron chi connectivity index (χ4n) is 8.89. The van der Waals surface area contributed by atoms with E-state index in [9.17, 15) is 19.4 Å². The van der Waals surface area contributed by atoms with E-state index in [1.54, 1.807) is 6.08 Å². The highest BCUT2D eigenvalue weighted by molar-refractivity contribution is 7.47. The molecule has 1 amide bonds. The molecule has 0 bridgehead atoms. The highest BCUT2D eigenvalue weighted by Gasteiger charge is 2.27. The molecule has 0 rings (SSSR count). The van der Waals surface area contributed by atoms with Crippen LogP contribution in [-0.4, -0.2) is 73.4 Å². The van der Waals surface area contributed by atoms with Crippen LogP contribution >= 0.6 is 7.82 Å². The summed E-state index contributed by atoms with van der Waals surface area (Å²) in [6.45, 7) is 4.80. The predicted molar refractivity (Wildman–Crippen MR) is 314 cm³/mol. The second-order valence-corrected chi connectivity index (χ2v) is 23.5. The van der Waals surface area contributed by atoms with Gasteiger partial charge in [0.25, 0.3) is 0 Å². The number of rotatable bonds is 56. The molecule has 3 N–H and O–H groups in total. The van der Waals surface area contributed by atoms with Crippen LogP contribution in [0.3, 0.4) is 0 Å². The molecule has 0 aliphatic rings. The number of phosphoric ester groups is 1. The van der Waals surface area contributed by atoms with Gasteiger partial charge in [-0.1, -0.05) is 267 Å². The van der Waals surface area contributed by atoms with Gasteiger partial charge in [-0.3, -0.25) is 13.8 Å². The summed E-state index contributed by atoms with van der Waals surface area (Å²) >= 11 is 0. The lowest BCUT2D eigenvalue weighted by molar-refractivity contribution is -0.870. The summed E-state index contributed by atoms with van der Waals surface area (Å²) in [5.74, 6) is -0.184. The van der Waals surface area contributed by atoms with Crippen molar-refractivity contribution in [1.82, 2.24) is 5.32 Å². The van der Waals surface area contributed by atoms with E-state index >= 15 is 0 Å². The largest absolute Gasteiger partial charge is 0.472 e. The van der Waals surface area contributed by atoms with Gasteiger partial charge in [0.2, 0.25) is 5.91 Å². The first-order chi connectivity index (χ1) is 35.0. The van der Waals surface area contributed by atoms with E-state index < -0.39 is 20.0 Å². The number of aliphatic hydroxyl groups is 1. The number of nitrogens with zero attached hydrogens (tertiary/aromatic N) is 1. The van der Waals surface area contributed by atoms with Gasteiger partial charge in [-0.05, 0) is 70.6 Å². The lowest BCUT2D eigenvalue weighted by Gasteiger charge is -2.25. The Morgan fingerprint density at radius 3 is 1.21 bits per heavy atom. The van der Waals surface area contributed by atoms with E-state index in [-0.39, 0.29) is 19.1 Å². The normalized spacial score (nSPS) is 14.3. The monoisotopic (exact) mass is 1030 g/mol. The van der Waals surface area contributed by atoms with Crippen molar-refractivity contribution >= 4 is 13.7 Å². The Balaban J connectivity index is 4.02. The van der Waals surface area contributed by atoms with Gasteiger partial charge in [0.05, 0.1) is 39.9 Å². The van der Waals surface area contributed by atoms with Crippen molar-refractivity contribution in [2.75, 3.05) is 40.9 Å². The maximum atomic E-state index is 13.0. The number of unbranched alkanes of at least 4 members (excludes halogenated alkanes) is 35. The summed E-state index contributed by atoms with van der Waals surface area (Å²) in [6, 6.07) is -0.863. The van der Waals surface area contributed by atoms with Crippen LogP contribution in [0.2, 0.25) is 0 Å². The number of amides is 1. The number of aliphatic hydroxyl groups excluding tert-OH is 1. The number of allylic oxidation sites excluding steroid dienone is 9. The molecule has 0 fully saturated rings. The molecule has 0 saturated heterocycles. The summed E-state index contributed by atoms with van der Waals surface area (Å²) in [6.07, 6.45) is 73.5. The summed E-state index contributed by atoms with van der Waals surface area (Å²) < 4.78 is 23.7.